The normalized spacial score (nSPS) is 12.1. The number of hydrogen-bond donors (Lipinski definition) is 1. The van der Waals surface area contributed by atoms with E-state index >= 15 is 0 Å². The number of hydrogen-bond acceptors (Lipinski definition) is 2. The Balaban J connectivity index is 2.18. The van der Waals surface area contributed by atoms with E-state index in [4.69, 9.17) is 16.3 Å². The molecule has 2 aromatic carbocycles. The fraction of sp³-hybridized carbons (Fsp3) is 0.333. The zero-order chi connectivity index (χ0) is 15.1. The molecule has 1 N–H and O–H groups in total. The summed E-state index contributed by atoms with van der Waals surface area (Å²) in [5, 5.41) is 4.41. The smallest absolute Gasteiger partial charge is 0.0511 e. The van der Waals surface area contributed by atoms with Gasteiger partial charge in [-0.3, -0.25) is 0 Å². The second-order valence-corrected chi connectivity index (χ2v) is 5.50. The van der Waals surface area contributed by atoms with Crippen LogP contribution in [0.15, 0.2) is 48.5 Å². The average Bonchev–Trinajstić information content (AvgIpc) is 2.51. The molecule has 3 heteroatoms. The van der Waals surface area contributed by atoms with Gasteiger partial charge in [-0.1, -0.05) is 48.9 Å². The van der Waals surface area contributed by atoms with Crippen LogP contribution in [-0.4, -0.2) is 13.7 Å². The highest BCUT2D eigenvalue weighted by atomic mass is 35.5. The monoisotopic (exact) mass is 303 g/mol. The summed E-state index contributed by atoms with van der Waals surface area (Å²) in [5.74, 6) is 0. The molecular formula is C18H22ClNO. The van der Waals surface area contributed by atoms with Gasteiger partial charge in [0.2, 0.25) is 0 Å². The molecule has 2 nitrogen and oxygen atoms in total. The van der Waals surface area contributed by atoms with Crippen LogP contribution in [-0.2, 0) is 11.2 Å². The van der Waals surface area contributed by atoms with Crippen molar-refractivity contribution in [3.63, 3.8) is 0 Å². The van der Waals surface area contributed by atoms with Gasteiger partial charge in [0, 0.05) is 17.8 Å². The average molecular weight is 304 g/mol. The summed E-state index contributed by atoms with van der Waals surface area (Å²) < 4.78 is 5.19. The van der Waals surface area contributed by atoms with Gasteiger partial charge in [-0.2, -0.15) is 0 Å². The van der Waals surface area contributed by atoms with Crippen LogP contribution in [0.25, 0.3) is 0 Å². The van der Waals surface area contributed by atoms with Crippen molar-refractivity contribution in [2.24, 2.45) is 0 Å². The van der Waals surface area contributed by atoms with Gasteiger partial charge in [-0.05, 0) is 42.2 Å². The zero-order valence-electron chi connectivity index (χ0n) is 12.6. The van der Waals surface area contributed by atoms with Crippen molar-refractivity contribution in [1.29, 1.82) is 0 Å². The Kier molecular flexibility index (Phi) is 6.09. The van der Waals surface area contributed by atoms with Crippen molar-refractivity contribution in [3.05, 3.63) is 64.7 Å². The third kappa shape index (κ3) is 4.48. The molecule has 0 heterocycles. The molecule has 0 amide bonds. The van der Waals surface area contributed by atoms with E-state index < -0.39 is 0 Å². The first kappa shape index (κ1) is 15.9. The van der Waals surface area contributed by atoms with Gasteiger partial charge in [0.15, 0.2) is 0 Å². The standard InChI is InChI=1S/C18H22ClNO/c1-3-17(15-8-6-9-16(19)13-15)20-18-10-5-4-7-14(18)11-12-21-2/h4-10,13,17,20H,3,11-12H2,1-2H3. The SMILES string of the molecule is CCC(Nc1ccccc1CCOC)c1cccc(Cl)c1. The topological polar surface area (TPSA) is 21.3 Å². The summed E-state index contributed by atoms with van der Waals surface area (Å²) in [6, 6.07) is 16.7. The Morgan fingerprint density at radius 3 is 2.67 bits per heavy atom. The second-order valence-electron chi connectivity index (χ2n) is 5.06. The minimum atomic E-state index is 0.257. The van der Waals surface area contributed by atoms with E-state index in [0.29, 0.717) is 0 Å². The van der Waals surface area contributed by atoms with E-state index in [1.165, 1.54) is 16.8 Å². The van der Waals surface area contributed by atoms with Crippen molar-refractivity contribution in [2.75, 3.05) is 19.0 Å². The number of ether oxygens (including phenoxy) is 1. The number of halogens is 1. The van der Waals surface area contributed by atoms with Crippen molar-refractivity contribution < 1.29 is 4.74 Å². The van der Waals surface area contributed by atoms with E-state index in [1.807, 2.05) is 18.2 Å². The van der Waals surface area contributed by atoms with E-state index in [2.05, 4.69) is 42.6 Å². The molecule has 1 unspecified atom stereocenters. The Bertz CT molecular complexity index is 571. The largest absolute Gasteiger partial charge is 0.384 e. The van der Waals surface area contributed by atoms with Crippen molar-refractivity contribution in [1.82, 2.24) is 0 Å². The van der Waals surface area contributed by atoms with E-state index in [-0.39, 0.29) is 6.04 Å². The number of anilines is 1. The maximum atomic E-state index is 6.10. The van der Waals surface area contributed by atoms with Gasteiger partial charge in [0.25, 0.3) is 0 Å². The van der Waals surface area contributed by atoms with Crippen LogP contribution in [0, 0.1) is 0 Å². The lowest BCUT2D eigenvalue weighted by molar-refractivity contribution is 0.202. The number of benzene rings is 2. The molecule has 0 aliphatic carbocycles. The van der Waals surface area contributed by atoms with Crippen LogP contribution in [0.3, 0.4) is 0 Å². The summed E-state index contributed by atoms with van der Waals surface area (Å²) in [4.78, 5) is 0. The lowest BCUT2D eigenvalue weighted by Gasteiger charge is -2.21. The van der Waals surface area contributed by atoms with Gasteiger partial charge < -0.3 is 10.1 Å². The van der Waals surface area contributed by atoms with Crippen LogP contribution in [0.2, 0.25) is 5.02 Å². The predicted molar refractivity (Wildman–Crippen MR) is 90.1 cm³/mol. The fourth-order valence-corrected chi connectivity index (χ4v) is 2.62. The molecule has 0 saturated heterocycles. The Labute approximate surface area is 132 Å². The number of nitrogens with one attached hydrogen (secondary N) is 1. The fourth-order valence-electron chi connectivity index (χ4n) is 2.42. The lowest BCUT2D eigenvalue weighted by Crippen LogP contribution is -2.11. The minimum absolute atomic E-state index is 0.257. The van der Waals surface area contributed by atoms with Crippen molar-refractivity contribution in [3.8, 4) is 0 Å². The first-order valence-electron chi connectivity index (χ1n) is 7.33. The molecule has 0 spiro atoms. The van der Waals surface area contributed by atoms with Gasteiger partial charge in [0.05, 0.1) is 12.6 Å². The molecule has 112 valence electrons. The van der Waals surface area contributed by atoms with E-state index in [1.54, 1.807) is 7.11 Å². The third-order valence-electron chi connectivity index (χ3n) is 3.58. The second kappa shape index (κ2) is 8.06. The van der Waals surface area contributed by atoms with E-state index in [0.717, 1.165) is 24.5 Å². The molecule has 0 bridgehead atoms. The minimum Gasteiger partial charge on any atom is -0.384 e. The Morgan fingerprint density at radius 2 is 1.95 bits per heavy atom. The highest BCUT2D eigenvalue weighted by molar-refractivity contribution is 6.30. The van der Waals surface area contributed by atoms with E-state index in [9.17, 15) is 0 Å². The van der Waals surface area contributed by atoms with Gasteiger partial charge in [0.1, 0.15) is 0 Å². The molecule has 2 aromatic rings. The van der Waals surface area contributed by atoms with Crippen molar-refractivity contribution in [2.45, 2.75) is 25.8 Å². The quantitative estimate of drug-likeness (QED) is 0.769. The van der Waals surface area contributed by atoms with Crippen LogP contribution in [0.4, 0.5) is 5.69 Å². The first-order valence-corrected chi connectivity index (χ1v) is 7.71. The summed E-state index contributed by atoms with van der Waals surface area (Å²) in [5.41, 5.74) is 3.66. The summed E-state index contributed by atoms with van der Waals surface area (Å²) >= 11 is 6.10. The number of methoxy groups -OCH3 is 1. The van der Waals surface area contributed by atoms with Crippen LogP contribution >= 0.6 is 11.6 Å². The van der Waals surface area contributed by atoms with Gasteiger partial charge in [-0.15, -0.1) is 0 Å². The lowest BCUT2D eigenvalue weighted by atomic mass is 10.0. The van der Waals surface area contributed by atoms with Gasteiger partial charge >= 0.3 is 0 Å². The summed E-state index contributed by atoms with van der Waals surface area (Å²) in [7, 11) is 1.73. The Morgan fingerprint density at radius 1 is 1.14 bits per heavy atom. The maximum absolute atomic E-state index is 6.10. The van der Waals surface area contributed by atoms with Crippen LogP contribution in [0.1, 0.15) is 30.5 Å². The molecule has 0 aliphatic heterocycles. The highest BCUT2D eigenvalue weighted by Crippen LogP contribution is 2.26. The summed E-state index contributed by atoms with van der Waals surface area (Å²) in [6.07, 6.45) is 1.91. The molecular weight excluding hydrogens is 282 g/mol. The van der Waals surface area contributed by atoms with Crippen LogP contribution in [0.5, 0.6) is 0 Å². The highest BCUT2D eigenvalue weighted by Gasteiger charge is 2.11. The molecule has 0 radical (unpaired) electrons. The van der Waals surface area contributed by atoms with Gasteiger partial charge in [-0.25, -0.2) is 0 Å². The van der Waals surface area contributed by atoms with Crippen molar-refractivity contribution >= 4 is 17.3 Å². The maximum Gasteiger partial charge on any atom is 0.0511 e. The molecule has 0 aliphatic rings. The Hall–Kier alpha value is -1.51. The van der Waals surface area contributed by atoms with Crippen LogP contribution < -0.4 is 5.32 Å². The number of para-hydroxylation sites is 1. The molecule has 0 fully saturated rings. The molecule has 2 rings (SSSR count). The predicted octanol–water partition coefficient (Wildman–Crippen LogP) is 5.09. The molecule has 1 atom stereocenters. The molecule has 21 heavy (non-hydrogen) atoms. The third-order valence-corrected chi connectivity index (χ3v) is 3.82. The molecule has 0 saturated carbocycles. The molecule has 0 aromatic heterocycles. The number of rotatable bonds is 7. The summed E-state index contributed by atoms with van der Waals surface area (Å²) in [6.45, 7) is 2.91. The zero-order valence-corrected chi connectivity index (χ0v) is 13.4. The first-order chi connectivity index (χ1) is 10.2.